The van der Waals surface area contributed by atoms with Crippen molar-refractivity contribution in [2.45, 2.75) is 37.4 Å². The molecule has 3 N–H and O–H groups in total. The van der Waals surface area contributed by atoms with Gasteiger partial charge in [-0.2, -0.15) is 4.98 Å². The molecular weight excluding hydrogens is 562 g/mol. The molecule has 1 saturated heterocycles. The van der Waals surface area contributed by atoms with Gasteiger partial charge in [-0.3, -0.25) is 14.3 Å². The third-order valence-corrected chi connectivity index (χ3v) is 7.91. The zero-order valence-electron chi connectivity index (χ0n) is 24.8. The maximum absolute atomic E-state index is 12.6. The minimum atomic E-state index is -1.08. The van der Waals surface area contributed by atoms with Crippen LogP contribution in [0.2, 0.25) is 0 Å². The summed E-state index contributed by atoms with van der Waals surface area (Å²) in [5.41, 5.74) is 1.73. The zero-order valence-corrected chi connectivity index (χ0v) is 24.8. The Balaban J connectivity index is 1.37. The summed E-state index contributed by atoms with van der Waals surface area (Å²) >= 11 is 0. The van der Waals surface area contributed by atoms with Crippen LogP contribution in [0.4, 0.5) is 5.95 Å². The van der Waals surface area contributed by atoms with Crippen molar-refractivity contribution < 1.29 is 24.1 Å². The Morgan fingerprint density at radius 3 is 2.45 bits per heavy atom. The number of anilines is 1. The number of benzene rings is 3. The molecule has 5 aromatic rings. The van der Waals surface area contributed by atoms with Gasteiger partial charge in [-0.05, 0) is 47.9 Å². The van der Waals surface area contributed by atoms with Crippen LogP contribution in [-0.2, 0) is 15.1 Å². The average Bonchev–Trinajstić information content (AvgIpc) is 3.65. The summed E-state index contributed by atoms with van der Waals surface area (Å²) in [6.45, 7) is 2.56. The van der Waals surface area contributed by atoms with Crippen LogP contribution in [0.1, 0.15) is 36.3 Å². The number of ether oxygens (including phenoxy) is 4. The normalized spacial score (nSPS) is 19.5. The van der Waals surface area contributed by atoms with Crippen molar-refractivity contribution in [3.8, 4) is 11.5 Å². The lowest BCUT2D eigenvalue weighted by atomic mass is 9.80. The van der Waals surface area contributed by atoms with Gasteiger partial charge in [0.05, 0.1) is 33.3 Å². The molecule has 11 heteroatoms. The molecule has 0 spiro atoms. The van der Waals surface area contributed by atoms with Crippen LogP contribution >= 0.6 is 0 Å². The van der Waals surface area contributed by atoms with E-state index < -0.39 is 24.0 Å². The molecule has 11 nitrogen and oxygen atoms in total. The second-order valence-corrected chi connectivity index (χ2v) is 10.5. The highest BCUT2D eigenvalue weighted by atomic mass is 16.6. The number of hydrogen-bond donors (Lipinski definition) is 3. The number of imidazole rings is 1. The van der Waals surface area contributed by atoms with E-state index in [0.29, 0.717) is 23.9 Å². The first-order chi connectivity index (χ1) is 21.5. The summed E-state index contributed by atoms with van der Waals surface area (Å²) in [7, 11) is 3.26. The summed E-state index contributed by atoms with van der Waals surface area (Å²) in [6.07, 6.45) is -0.339. The first kappa shape index (κ1) is 29.4. The first-order valence-corrected chi connectivity index (χ1v) is 14.5. The molecule has 0 saturated carbocycles. The fourth-order valence-electron chi connectivity index (χ4n) is 5.72. The van der Waals surface area contributed by atoms with Gasteiger partial charge in [-0.1, -0.05) is 54.6 Å². The van der Waals surface area contributed by atoms with Crippen molar-refractivity contribution >= 4 is 17.1 Å². The van der Waals surface area contributed by atoms with Crippen molar-refractivity contribution in [1.29, 1.82) is 0 Å². The largest absolute Gasteiger partial charge is 0.497 e. The van der Waals surface area contributed by atoms with Gasteiger partial charge in [0.15, 0.2) is 11.2 Å². The molecule has 2 aromatic heterocycles. The van der Waals surface area contributed by atoms with E-state index in [2.05, 4.69) is 20.3 Å². The lowest BCUT2D eigenvalue weighted by Gasteiger charge is -2.37. The maximum Gasteiger partial charge on any atom is 0.280 e. The Hall–Kier alpha value is -4.71. The highest BCUT2D eigenvalue weighted by Crippen LogP contribution is 2.43. The predicted octanol–water partition coefficient (Wildman–Crippen LogP) is 4.23. The predicted molar refractivity (Wildman–Crippen MR) is 165 cm³/mol. The lowest BCUT2D eigenvalue weighted by Crippen LogP contribution is -2.38. The van der Waals surface area contributed by atoms with Gasteiger partial charge < -0.3 is 29.4 Å². The SMILES string of the molecule is CCNc1nc2c(ncn2[C@H]2C[C@H](O)[C@@H](COC(c3ccccc3)(c3ccc(OC)cc3)c3cccc(OC)c3)O2)c(=O)[nH]1. The number of H-pyrrole nitrogens is 1. The van der Waals surface area contributed by atoms with E-state index in [1.54, 1.807) is 18.8 Å². The van der Waals surface area contributed by atoms with Crippen LogP contribution in [0.15, 0.2) is 90.0 Å². The molecule has 0 bridgehead atoms. The molecule has 3 heterocycles. The van der Waals surface area contributed by atoms with Crippen LogP contribution in [-0.4, -0.2) is 64.2 Å². The Morgan fingerprint density at radius 1 is 1.00 bits per heavy atom. The van der Waals surface area contributed by atoms with Gasteiger partial charge in [0.2, 0.25) is 5.95 Å². The third-order valence-electron chi connectivity index (χ3n) is 7.91. The molecule has 1 unspecified atom stereocenters. The molecule has 0 amide bonds. The zero-order chi connectivity index (χ0) is 30.7. The van der Waals surface area contributed by atoms with Gasteiger partial charge in [-0.25, -0.2) is 4.98 Å². The fraction of sp³-hybridized carbons (Fsp3) is 0.303. The summed E-state index contributed by atoms with van der Waals surface area (Å²) in [6, 6.07) is 25.4. The van der Waals surface area contributed by atoms with Crippen molar-refractivity contribution in [3.63, 3.8) is 0 Å². The van der Waals surface area contributed by atoms with Crippen LogP contribution in [0.5, 0.6) is 11.5 Å². The van der Waals surface area contributed by atoms with E-state index in [-0.39, 0.29) is 24.1 Å². The van der Waals surface area contributed by atoms with Gasteiger partial charge >= 0.3 is 0 Å². The fourth-order valence-corrected chi connectivity index (χ4v) is 5.72. The summed E-state index contributed by atoms with van der Waals surface area (Å²) in [5.74, 6) is 1.75. The molecule has 4 atom stereocenters. The topological polar surface area (TPSA) is 133 Å². The summed E-state index contributed by atoms with van der Waals surface area (Å²) < 4.78 is 26.0. The number of aliphatic hydroxyl groups is 1. The number of nitrogens with one attached hydrogen (secondary N) is 2. The van der Waals surface area contributed by atoms with Crippen molar-refractivity contribution in [2.24, 2.45) is 0 Å². The van der Waals surface area contributed by atoms with E-state index in [1.165, 1.54) is 6.33 Å². The molecule has 6 rings (SSSR count). The monoisotopic (exact) mass is 597 g/mol. The maximum atomic E-state index is 12.6. The van der Waals surface area contributed by atoms with Crippen molar-refractivity contribution in [2.75, 3.05) is 32.7 Å². The smallest absolute Gasteiger partial charge is 0.280 e. The van der Waals surface area contributed by atoms with Gasteiger partial charge in [0, 0.05) is 13.0 Å². The van der Waals surface area contributed by atoms with E-state index in [1.807, 2.05) is 85.8 Å². The summed E-state index contributed by atoms with van der Waals surface area (Å²) in [4.78, 5) is 24.1. The van der Waals surface area contributed by atoms with Crippen molar-refractivity contribution in [3.05, 3.63) is 112 Å². The number of fused-ring (bicyclic) bond motifs is 1. The highest BCUT2D eigenvalue weighted by Gasteiger charge is 2.42. The Bertz CT molecular complexity index is 1770. The highest BCUT2D eigenvalue weighted by molar-refractivity contribution is 5.70. The van der Waals surface area contributed by atoms with Gasteiger partial charge in [0.25, 0.3) is 5.56 Å². The minimum absolute atomic E-state index is 0.0546. The quantitative estimate of drug-likeness (QED) is 0.191. The van der Waals surface area contributed by atoms with E-state index >= 15 is 0 Å². The number of aromatic amines is 1. The van der Waals surface area contributed by atoms with E-state index in [4.69, 9.17) is 18.9 Å². The molecule has 0 radical (unpaired) electrons. The number of rotatable bonds is 11. The molecule has 1 fully saturated rings. The van der Waals surface area contributed by atoms with E-state index in [0.717, 1.165) is 22.4 Å². The molecule has 44 heavy (non-hydrogen) atoms. The lowest BCUT2D eigenvalue weighted by molar-refractivity contribution is -0.0931. The third kappa shape index (κ3) is 5.41. The van der Waals surface area contributed by atoms with Crippen LogP contribution in [0, 0.1) is 0 Å². The molecular formula is C33H35N5O6. The van der Waals surface area contributed by atoms with Gasteiger partial charge in [-0.15, -0.1) is 0 Å². The number of hydrogen-bond acceptors (Lipinski definition) is 9. The molecule has 1 aliphatic rings. The van der Waals surface area contributed by atoms with Crippen molar-refractivity contribution in [1.82, 2.24) is 19.5 Å². The molecule has 0 aliphatic carbocycles. The van der Waals surface area contributed by atoms with Crippen LogP contribution in [0.25, 0.3) is 11.2 Å². The number of aromatic nitrogens is 4. The average molecular weight is 598 g/mol. The number of aliphatic hydroxyl groups excluding tert-OH is 1. The Kier molecular flexibility index (Phi) is 8.34. The molecule has 228 valence electrons. The molecule has 1 aliphatic heterocycles. The minimum Gasteiger partial charge on any atom is -0.497 e. The summed E-state index contributed by atoms with van der Waals surface area (Å²) in [5, 5.41) is 14.2. The second-order valence-electron chi connectivity index (χ2n) is 10.5. The van der Waals surface area contributed by atoms with Crippen LogP contribution in [0.3, 0.4) is 0 Å². The Labute approximate surface area is 254 Å². The van der Waals surface area contributed by atoms with E-state index in [9.17, 15) is 9.90 Å². The molecule has 3 aromatic carbocycles. The standard InChI is InChI=1S/C33H35N5O6/c1-4-34-32-36-30-29(31(40)37-32)35-20-38(30)28-18-26(39)27(44-28)19-43-33(21-9-6-5-7-10-21,22-13-15-24(41-2)16-14-22)23-11-8-12-25(17-23)42-3/h5-17,20,26-28,39H,4,18-19H2,1-3H3,(H2,34,36,37,40)/t26-,27+,28+,33?/m0/s1. The van der Waals surface area contributed by atoms with Crippen LogP contribution < -0.4 is 20.3 Å². The van der Waals surface area contributed by atoms with Gasteiger partial charge in [0.1, 0.15) is 29.4 Å². The Morgan fingerprint density at radius 2 is 1.73 bits per heavy atom. The number of nitrogens with zero attached hydrogens (tertiary/aromatic N) is 3. The second kappa shape index (κ2) is 12.5. The number of methoxy groups -OCH3 is 2. The first-order valence-electron chi connectivity index (χ1n) is 14.5.